The van der Waals surface area contributed by atoms with Gasteiger partial charge in [-0.3, -0.25) is 4.72 Å². The molecule has 3 rings (SSSR count). The van der Waals surface area contributed by atoms with Crippen LogP contribution in [0.1, 0.15) is 39.0 Å². The molecule has 8 heteroatoms. The predicted molar refractivity (Wildman–Crippen MR) is 107 cm³/mol. The lowest BCUT2D eigenvalue weighted by atomic mass is 10.0. The van der Waals surface area contributed by atoms with Crippen LogP contribution in [0.2, 0.25) is 0 Å². The highest BCUT2D eigenvalue weighted by atomic mass is 32.2. The number of hydrogen-bond donors (Lipinski definition) is 1. The summed E-state index contributed by atoms with van der Waals surface area (Å²) in [4.78, 5) is 24.3. The zero-order chi connectivity index (χ0) is 21.3. The first kappa shape index (κ1) is 20.9. The zero-order valence-corrected chi connectivity index (χ0v) is 17.6. The van der Waals surface area contributed by atoms with Gasteiger partial charge in [0.1, 0.15) is 0 Å². The Morgan fingerprint density at radius 3 is 2.31 bits per heavy atom. The summed E-state index contributed by atoms with van der Waals surface area (Å²) in [5.41, 5.74) is 3.13. The molecular formula is C21H23NO6S. The van der Waals surface area contributed by atoms with E-state index < -0.39 is 28.1 Å². The minimum Gasteiger partial charge on any atom is -0.463 e. The maximum absolute atomic E-state index is 13.2. The van der Waals surface area contributed by atoms with Gasteiger partial charge < -0.3 is 9.47 Å². The van der Waals surface area contributed by atoms with Gasteiger partial charge in [0.05, 0.1) is 22.8 Å². The highest BCUT2D eigenvalue weighted by molar-refractivity contribution is 7.92. The van der Waals surface area contributed by atoms with Crippen molar-refractivity contribution in [3.8, 4) is 0 Å². The number of sulfonamides is 1. The molecule has 1 heterocycles. The molecule has 0 saturated carbocycles. The van der Waals surface area contributed by atoms with Gasteiger partial charge >= 0.3 is 11.9 Å². The van der Waals surface area contributed by atoms with E-state index in [0.717, 1.165) is 11.1 Å². The quantitative estimate of drug-likeness (QED) is 0.750. The normalized spacial score (nSPS) is 16.4. The summed E-state index contributed by atoms with van der Waals surface area (Å²) in [6.45, 7) is 7.40. The van der Waals surface area contributed by atoms with Gasteiger partial charge in [0.25, 0.3) is 10.0 Å². The first-order valence-electron chi connectivity index (χ1n) is 9.18. The first-order valence-corrected chi connectivity index (χ1v) is 10.7. The Hall–Kier alpha value is -2.87. The molecule has 0 aliphatic carbocycles. The van der Waals surface area contributed by atoms with E-state index in [1.807, 2.05) is 19.9 Å². The van der Waals surface area contributed by atoms with Crippen molar-refractivity contribution in [2.45, 2.75) is 45.1 Å². The first-order chi connectivity index (χ1) is 13.6. The molecule has 1 N–H and O–H groups in total. The molecule has 0 bridgehead atoms. The molecule has 0 radical (unpaired) electrons. The monoisotopic (exact) mass is 417 g/mol. The summed E-state index contributed by atoms with van der Waals surface area (Å²) in [6, 6.07) is 8.07. The van der Waals surface area contributed by atoms with Crippen molar-refractivity contribution in [2.24, 2.45) is 0 Å². The number of cyclic esters (lactones) is 1. The van der Waals surface area contributed by atoms with E-state index in [9.17, 15) is 18.0 Å². The molecule has 7 nitrogen and oxygen atoms in total. The fourth-order valence-corrected chi connectivity index (χ4v) is 5.00. The topological polar surface area (TPSA) is 98.8 Å². The lowest BCUT2D eigenvalue weighted by Gasteiger charge is -2.18. The number of para-hydroxylation sites is 1. The van der Waals surface area contributed by atoms with Crippen molar-refractivity contribution >= 4 is 27.6 Å². The summed E-state index contributed by atoms with van der Waals surface area (Å²) in [5, 5.41) is 0. The number of aryl methyl sites for hydroxylation is 2. The summed E-state index contributed by atoms with van der Waals surface area (Å²) < 4.78 is 38.9. The van der Waals surface area contributed by atoms with E-state index in [0.29, 0.717) is 11.1 Å². The Morgan fingerprint density at radius 1 is 1.10 bits per heavy atom. The minimum atomic E-state index is -3.96. The van der Waals surface area contributed by atoms with Gasteiger partial charge in [-0.1, -0.05) is 18.2 Å². The van der Waals surface area contributed by atoms with Crippen LogP contribution in [0.3, 0.4) is 0 Å². The Kier molecular flexibility index (Phi) is 5.66. The number of anilines is 1. The van der Waals surface area contributed by atoms with Crippen molar-refractivity contribution < 1.29 is 27.5 Å². The van der Waals surface area contributed by atoms with Crippen LogP contribution in [-0.4, -0.2) is 33.1 Å². The number of hydrogen-bond acceptors (Lipinski definition) is 6. The van der Waals surface area contributed by atoms with Gasteiger partial charge in [-0.2, -0.15) is 0 Å². The van der Waals surface area contributed by atoms with Gasteiger partial charge in [-0.05, 0) is 62.1 Å². The van der Waals surface area contributed by atoms with E-state index in [-0.39, 0.29) is 29.2 Å². The maximum atomic E-state index is 13.2. The lowest BCUT2D eigenvalue weighted by Crippen LogP contribution is -2.24. The smallest absolute Gasteiger partial charge is 0.347 e. The molecule has 0 spiro atoms. The van der Waals surface area contributed by atoms with Crippen LogP contribution in [0.5, 0.6) is 0 Å². The Labute approximate surface area is 170 Å². The number of carbonyl (C=O) groups is 2. The second-order valence-electron chi connectivity index (χ2n) is 7.09. The number of nitrogens with one attached hydrogen (secondary N) is 1. The van der Waals surface area contributed by atoms with Crippen LogP contribution in [0.4, 0.5) is 5.69 Å². The summed E-state index contributed by atoms with van der Waals surface area (Å²) in [6.07, 6.45) is -0.699. The second-order valence-corrected chi connectivity index (χ2v) is 8.71. The van der Waals surface area contributed by atoms with Gasteiger partial charge in [0, 0.05) is 6.42 Å². The third kappa shape index (κ3) is 4.12. The van der Waals surface area contributed by atoms with Crippen LogP contribution in [-0.2, 0) is 24.3 Å². The molecule has 1 saturated heterocycles. The third-order valence-electron chi connectivity index (χ3n) is 5.09. The van der Waals surface area contributed by atoms with Crippen LogP contribution < -0.4 is 4.72 Å². The van der Waals surface area contributed by atoms with Crippen molar-refractivity contribution in [1.29, 1.82) is 0 Å². The predicted octanol–water partition coefficient (Wildman–Crippen LogP) is 3.19. The number of ether oxygens (including phenoxy) is 2. The average Bonchev–Trinajstić information content (AvgIpc) is 3.04. The highest BCUT2D eigenvalue weighted by Gasteiger charge is 2.32. The lowest BCUT2D eigenvalue weighted by molar-refractivity contribution is -0.145. The molecule has 1 atom stereocenters. The zero-order valence-electron chi connectivity index (χ0n) is 16.7. The van der Waals surface area contributed by atoms with E-state index in [2.05, 4.69) is 4.72 Å². The fourth-order valence-electron chi connectivity index (χ4n) is 3.31. The Bertz CT molecular complexity index is 1060. The highest BCUT2D eigenvalue weighted by Crippen LogP contribution is 2.29. The summed E-state index contributed by atoms with van der Waals surface area (Å²) >= 11 is 0. The van der Waals surface area contributed by atoms with Gasteiger partial charge in [-0.25, -0.2) is 18.0 Å². The molecule has 2 aromatic carbocycles. The molecule has 0 amide bonds. The van der Waals surface area contributed by atoms with Gasteiger partial charge in [0.15, 0.2) is 0 Å². The van der Waals surface area contributed by atoms with Gasteiger partial charge in [0.2, 0.25) is 6.10 Å². The van der Waals surface area contributed by atoms with Crippen LogP contribution in [0.25, 0.3) is 0 Å². The van der Waals surface area contributed by atoms with Crippen molar-refractivity contribution in [3.05, 3.63) is 58.1 Å². The van der Waals surface area contributed by atoms with Crippen molar-refractivity contribution in [3.63, 3.8) is 0 Å². The average molecular weight is 417 g/mol. The number of esters is 2. The summed E-state index contributed by atoms with van der Waals surface area (Å²) in [5.74, 6) is -1.39. The number of carbonyl (C=O) groups excluding carboxylic acids is 2. The fraction of sp³-hybridized carbons (Fsp3) is 0.333. The maximum Gasteiger partial charge on any atom is 0.347 e. The van der Waals surface area contributed by atoms with E-state index in [1.165, 1.54) is 12.1 Å². The van der Waals surface area contributed by atoms with Crippen molar-refractivity contribution in [1.82, 2.24) is 0 Å². The minimum absolute atomic E-state index is 0.0236. The van der Waals surface area contributed by atoms with E-state index >= 15 is 0 Å². The molecule has 0 aromatic heterocycles. The second kappa shape index (κ2) is 7.87. The summed E-state index contributed by atoms with van der Waals surface area (Å²) in [7, 11) is -3.96. The molecule has 1 fully saturated rings. The number of rotatable bonds is 5. The van der Waals surface area contributed by atoms with Crippen LogP contribution in [0.15, 0.2) is 35.2 Å². The molecule has 1 aliphatic heterocycles. The molecule has 1 aliphatic rings. The van der Waals surface area contributed by atoms with Gasteiger partial charge in [-0.15, -0.1) is 0 Å². The molecule has 0 unspecified atom stereocenters. The molecule has 154 valence electrons. The Morgan fingerprint density at radius 2 is 1.72 bits per heavy atom. The Balaban J connectivity index is 1.95. The van der Waals surface area contributed by atoms with Crippen LogP contribution >= 0.6 is 0 Å². The van der Waals surface area contributed by atoms with Crippen molar-refractivity contribution in [2.75, 3.05) is 11.3 Å². The van der Waals surface area contributed by atoms with E-state index in [1.54, 1.807) is 26.0 Å². The SMILES string of the molecule is Cc1cc(C)c(C)c(S(=O)(=O)Nc2ccccc2C(=O)O[C@@H]2CCOC2=O)c1C. The van der Waals surface area contributed by atoms with Crippen LogP contribution in [0, 0.1) is 27.7 Å². The standard InChI is InChI=1S/C21H23NO6S/c1-12-11-13(2)15(4)19(14(12)3)29(25,26)22-17-8-6-5-7-16(17)20(23)28-18-9-10-27-21(18)24/h5-8,11,18,22H,9-10H2,1-4H3/t18-/m1/s1. The molecule has 2 aromatic rings. The van der Waals surface area contributed by atoms with E-state index in [4.69, 9.17) is 9.47 Å². The third-order valence-corrected chi connectivity index (χ3v) is 6.73. The number of benzene rings is 2. The largest absolute Gasteiger partial charge is 0.463 e. The molecular weight excluding hydrogens is 394 g/mol. The molecule has 29 heavy (non-hydrogen) atoms.